The second kappa shape index (κ2) is 6.42. The van der Waals surface area contributed by atoms with Gasteiger partial charge in [0.2, 0.25) is 0 Å². The van der Waals surface area contributed by atoms with E-state index in [2.05, 4.69) is 32.8 Å². The minimum atomic E-state index is -3.18. The van der Waals surface area contributed by atoms with E-state index in [4.69, 9.17) is 9.57 Å². The minimum Gasteiger partial charge on any atom is -0.446 e. The maximum atomic E-state index is 13.8. The van der Waals surface area contributed by atoms with E-state index in [0.717, 1.165) is 0 Å². The Morgan fingerprint density at radius 1 is 0.893 bits per heavy atom. The van der Waals surface area contributed by atoms with Gasteiger partial charge in [-0.2, -0.15) is 5.06 Å². The van der Waals surface area contributed by atoms with Crippen LogP contribution in [-0.2, 0) is 14.1 Å². The average molecular weight is 417 g/mol. The van der Waals surface area contributed by atoms with E-state index in [9.17, 15) is 9.36 Å². The number of ether oxygens (including phenoxy) is 1. The third-order valence-electron chi connectivity index (χ3n) is 6.17. The molecule has 1 amide bonds. The number of rotatable bonds is 5. The van der Waals surface area contributed by atoms with Gasteiger partial charge in [-0.25, -0.2) is 19.2 Å². The summed E-state index contributed by atoms with van der Waals surface area (Å²) in [5, 5.41) is 4.73. The first kappa shape index (κ1) is 22.0. The largest absolute Gasteiger partial charge is 0.446 e. The lowest BCUT2D eigenvalue weighted by atomic mass is 9.80. The Bertz CT molecular complexity index is 662. The number of amides is 1. The van der Waals surface area contributed by atoms with Crippen LogP contribution >= 0.6 is 7.59 Å². The summed E-state index contributed by atoms with van der Waals surface area (Å²) in [5.74, 6) is 0. The molecule has 3 aliphatic rings. The van der Waals surface area contributed by atoms with Gasteiger partial charge in [-0.1, -0.05) is 0 Å². The molecule has 3 saturated heterocycles. The number of hydrogen-bond acceptors (Lipinski definition) is 5. The summed E-state index contributed by atoms with van der Waals surface area (Å²) in [6.45, 7) is 17.8. The van der Waals surface area contributed by atoms with Gasteiger partial charge in [-0.05, 0) is 55.4 Å². The molecule has 0 saturated carbocycles. The zero-order valence-corrected chi connectivity index (χ0v) is 19.7. The quantitative estimate of drug-likeness (QED) is 0.542. The number of carbonyl (C=O) groups excluding carboxylic acids is 1. The van der Waals surface area contributed by atoms with Crippen molar-refractivity contribution < 1.29 is 18.9 Å². The van der Waals surface area contributed by atoms with Gasteiger partial charge in [0.05, 0.1) is 7.11 Å². The van der Waals surface area contributed by atoms with Crippen LogP contribution in [0.15, 0.2) is 0 Å². The summed E-state index contributed by atoms with van der Waals surface area (Å²) in [4.78, 5) is 18.4. The molecule has 162 valence electrons. The second-order valence-electron chi connectivity index (χ2n) is 10.9. The Morgan fingerprint density at radius 2 is 1.29 bits per heavy atom. The predicted octanol–water partition coefficient (Wildman–Crippen LogP) is 3.59. The van der Waals surface area contributed by atoms with Gasteiger partial charge in [0.1, 0.15) is 6.10 Å². The molecule has 1 N–H and O–H groups in total. The lowest BCUT2D eigenvalue weighted by Crippen LogP contribution is -2.61. The van der Waals surface area contributed by atoms with Crippen LogP contribution in [0.25, 0.3) is 0 Å². The Morgan fingerprint density at radius 3 is 1.61 bits per heavy atom. The van der Waals surface area contributed by atoms with Crippen molar-refractivity contribution in [3.05, 3.63) is 0 Å². The van der Waals surface area contributed by atoms with E-state index in [1.807, 2.05) is 42.1 Å². The van der Waals surface area contributed by atoms with Crippen LogP contribution < -0.4 is 5.09 Å². The van der Waals surface area contributed by atoms with E-state index in [0.29, 0.717) is 25.9 Å². The standard InChI is InChI=1S/C19H37N4O4P/c1-16(2)10-14(11-17(3,4)23(16)26-9)27-15(24)20-28(25,21-12-18(21,5)6)22-13-19(22,7)8/h14H,10-13H2,1-9H3,(H,20,24,25). The summed E-state index contributed by atoms with van der Waals surface area (Å²) in [5.41, 5.74) is -0.908. The third kappa shape index (κ3) is 3.86. The minimum absolute atomic E-state index is 0.171. The highest BCUT2D eigenvalue weighted by atomic mass is 31.2. The lowest BCUT2D eigenvalue weighted by molar-refractivity contribution is -0.276. The first-order chi connectivity index (χ1) is 12.6. The molecule has 8 nitrogen and oxygen atoms in total. The van der Waals surface area contributed by atoms with Gasteiger partial charge >= 0.3 is 13.7 Å². The molecule has 0 bridgehead atoms. The fourth-order valence-corrected chi connectivity index (χ4v) is 8.22. The number of piperidine rings is 1. The lowest BCUT2D eigenvalue weighted by Gasteiger charge is -2.52. The highest BCUT2D eigenvalue weighted by Crippen LogP contribution is 2.67. The zero-order valence-electron chi connectivity index (χ0n) is 18.8. The number of hydrogen-bond donors (Lipinski definition) is 1. The zero-order chi connectivity index (χ0) is 21.3. The molecular weight excluding hydrogens is 379 g/mol. The SMILES string of the molecule is CON1C(C)(C)CC(OC(=O)NP(=O)(N2CC2(C)C)N2CC2(C)C)CC1(C)C. The molecule has 3 heterocycles. The van der Waals surface area contributed by atoms with Crippen LogP contribution in [0.5, 0.6) is 0 Å². The fourth-order valence-electron chi connectivity index (χ4n) is 4.88. The molecule has 3 fully saturated rings. The monoisotopic (exact) mass is 416 g/mol. The van der Waals surface area contributed by atoms with Crippen molar-refractivity contribution in [2.75, 3.05) is 20.2 Å². The first-order valence-corrected chi connectivity index (χ1v) is 11.7. The molecule has 0 aliphatic carbocycles. The molecule has 0 aromatic carbocycles. The van der Waals surface area contributed by atoms with Crippen molar-refractivity contribution in [2.45, 2.75) is 96.5 Å². The van der Waals surface area contributed by atoms with E-state index in [-0.39, 0.29) is 28.3 Å². The second-order valence-corrected chi connectivity index (χ2v) is 13.2. The molecule has 0 aromatic heterocycles. The highest BCUT2D eigenvalue weighted by Gasteiger charge is 2.65. The smallest absolute Gasteiger partial charge is 0.414 e. The van der Waals surface area contributed by atoms with E-state index in [1.165, 1.54) is 0 Å². The van der Waals surface area contributed by atoms with Gasteiger partial charge in [0.25, 0.3) is 0 Å². The summed E-state index contributed by atoms with van der Waals surface area (Å²) >= 11 is 0. The molecule has 0 aromatic rings. The number of carbonyl (C=O) groups is 1. The molecule has 28 heavy (non-hydrogen) atoms. The maximum absolute atomic E-state index is 13.8. The van der Waals surface area contributed by atoms with Crippen molar-refractivity contribution in [1.82, 2.24) is 19.5 Å². The van der Waals surface area contributed by atoms with Crippen molar-refractivity contribution in [1.29, 1.82) is 0 Å². The van der Waals surface area contributed by atoms with Crippen LogP contribution in [-0.4, -0.2) is 69.0 Å². The Balaban J connectivity index is 1.70. The molecule has 2 atom stereocenters. The molecule has 3 rings (SSSR count). The number of nitrogens with one attached hydrogen (secondary N) is 1. The normalized spacial score (nSPS) is 34.9. The van der Waals surface area contributed by atoms with Gasteiger partial charge < -0.3 is 9.57 Å². The van der Waals surface area contributed by atoms with Gasteiger partial charge in [-0.15, -0.1) is 0 Å². The summed E-state index contributed by atoms with van der Waals surface area (Å²) in [6, 6.07) is 0. The molecule has 9 heteroatoms. The van der Waals surface area contributed by atoms with Crippen LogP contribution in [0.4, 0.5) is 4.79 Å². The Labute approximate surface area is 169 Å². The summed E-state index contributed by atoms with van der Waals surface area (Å²) in [7, 11) is -1.51. The van der Waals surface area contributed by atoms with Gasteiger partial charge in [-0.3, -0.25) is 4.57 Å². The molecular formula is C19H37N4O4P. The average Bonchev–Trinajstić information content (AvgIpc) is 3.31. The van der Waals surface area contributed by atoms with Crippen LogP contribution in [0.1, 0.15) is 68.2 Å². The van der Waals surface area contributed by atoms with E-state index in [1.54, 1.807) is 7.11 Å². The fraction of sp³-hybridized carbons (Fsp3) is 0.947. The molecule has 0 spiro atoms. The number of nitrogens with zero attached hydrogens (tertiary/aromatic N) is 3. The predicted molar refractivity (Wildman–Crippen MR) is 109 cm³/mol. The number of hydroxylamine groups is 2. The highest BCUT2D eigenvalue weighted by molar-refractivity contribution is 7.58. The van der Waals surface area contributed by atoms with Crippen molar-refractivity contribution in [3.63, 3.8) is 0 Å². The summed E-state index contributed by atoms with van der Waals surface area (Å²) < 4.78 is 23.3. The van der Waals surface area contributed by atoms with E-state index < -0.39 is 13.7 Å². The van der Waals surface area contributed by atoms with Crippen LogP contribution in [0.3, 0.4) is 0 Å². The maximum Gasteiger partial charge on any atom is 0.414 e. The third-order valence-corrected chi connectivity index (χ3v) is 9.31. The van der Waals surface area contributed by atoms with Crippen molar-refractivity contribution >= 4 is 13.7 Å². The Hall–Kier alpha value is -0.660. The van der Waals surface area contributed by atoms with Crippen molar-refractivity contribution in [2.24, 2.45) is 0 Å². The first-order valence-electron chi connectivity index (χ1n) is 10.0. The van der Waals surface area contributed by atoms with Crippen molar-refractivity contribution in [3.8, 4) is 0 Å². The topological polar surface area (TPSA) is 73.9 Å². The van der Waals surface area contributed by atoms with Gasteiger partial charge in [0, 0.05) is 48.1 Å². The molecule has 2 unspecified atom stereocenters. The van der Waals surface area contributed by atoms with Gasteiger partial charge in [0.15, 0.2) is 0 Å². The van der Waals surface area contributed by atoms with Crippen LogP contribution in [0.2, 0.25) is 0 Å². The molecule has 3 aliphatic heterocycles. The molecule has 0 radical (unpaired) electrons. The van der Waals surface area contributed by atoms with E-state index >= 15 is 0 Å². The summed E-state index contributed by atoms with van der Waals surface area (Å²) in [6.07, 6.45) is 0.421. The van der Waals surface area contributed by atoms with Crippen LogP contribution in [0, 0.1) is 0 Å². The Kier molecular flexibility index (Phi) is 5.05.